The van der Waals surface area contributed by atoms with Gasteiger partial charge in [0.25, 0.3) is 17.4 Å². The fourth-order valence-corrected chi connectivity index (χ4v) is 4.75. The molecule has 1 atom stereocenters. The molecule has 3 heterocycles. The molecule has 0 saturated heterocycles. The van der Waals surface area contributed by atoms with Gasteiger partial charge in [-0.15, -0.1) is 11.3 Å². The van der Waals surface area contributed by atoms with Crippen LogP contribution in [0.5, 0.6) is 5.75 Å². The summed E-state index contributed by atoms with van der Waals surface area (Å²) < 4.78 is 7.42. The maximum atomic E-state index is 12.8. The molecule has 9 heteroatoms. The van der Waals surface area contributed by atoms with Crippen LogP contribution in [0.2, 0.25) is 0 Å². The number of benzene rings is 1. The van der Waals surface area contributed by atoms with Crippen molar-refractivity contribution in [3.05, 3.63) is 55.9 Å². The number of nitrogens with zero attached hydrogens (tertiary/aromatic N) is 2. The van der Waals surface area contributed by atoms with Crippen LogP contribution in [0, 0.1) is 20.8 Å². The van der Waals surface area contributed by atoms with Crippen molar-refractivity contribution in [3.8, 4) is 5.75 Å². The molecule has 2 aromatic heterocycles. The highest BCUT2D eigenvalue weighted by Gasteiger charge is 2.24. The third kappa shape index (κ3) is 3.81. The Bertz CT molecular complexity index is 1260. The minimum atomic E-state index is -0.807. The fraction of sp³-hybridized carbons (Fsp3) is 0.364. The number of hydrogen-bond donors (Lipinski definition) is 2. The van der Waals surface area contributed by atoms with Crippen LogP contribution in [-0.4, -0.2) is 27.5 Å². The van der Waals surface area contributed by atoms with Crippen molar-refractivity contribution >= 4 is 33.4 Å². The lowest BCUT2D eigenvalue weighted by molar-refractivity contribution is -0.128. The summed E-state index contributed by atoms with van der Waals surface area (Å²) >= 11 is 1.16. The molecular formula is C22H24N4O4S. The standard InChI is InChI=1S/C22H24N4O4S/c1-11-7-5-8-15(12(11)2)30-14(4)19(27)24-25-20(28)18-13(3)17-21(31-18)23-16-9-6-10-26(16)22(17)29/h5,7-8,14H,6,9-10H2,1-4H3,(H,24,27)(H,25,28). The van der Waals surface area contributed by atoms with Gasteiger partial charge in [0, 0.05) is 13.0 Å². The molecule has 2 amide bonds. The van der Waals surface area contributed by atoms with Crippen LogP contribution >= 0.6 is 11.3 Å². The van der Waals surface area contributed by atoms with Gasteiger partial charge in [0.2, 0.25) is 0 Å². The molecule has 31 heavy (non-hydrogen) atoms. The van der Waals surface area contributed by atoms with E-state index in [1.165, 1.54) is 0 Å². The molecule has 1 aromatic carbocycles. The number of thiophene rings is 1. The first kappa shape index (κ1) is 21.0. The molecule has 1 aliphatic rings. The zero-order chi connectivity index (χ0) is 22.3. The van der Waals surface area contributed by atoms with Gasteiger partial charge in [-0.1, -0.05) is 12.1 Å². The largest absolute Gasteiger partial charge is 0.481 e. The number of ether oxygens (including phenoxy) is 1. The topological polar surface area (TPSA) is 102 Å². The summed E-state index contributed by atoms with van der Waals surface area (Å²) in [6.07, 6.45) is 0.858. The van der Waals surface area contributed by atoms with Gasteiger partial charge in [-0.2, -0.15) is 0 Å². The van der Waals surface area contributed by atoms with E-state index < -0.39 is 17.9 Å². The van der Waals surface area contributed by atoms with Crippen LogP contribution in [0.3, 0.4) is 0 Å². The van der Waals surface area contributed by atoms with Crippen molar-refractivity contribution in [2.45, 2.75) is 53.2 Å². The number of fused-ring (bicyclic) bond motifs is 2. The van der Waals surface area contributed by atoms with Crippen LogP contribution in [0.4, 0.5) is 0 Å². The predicted molar refractivity (Wildman–Crippen MR) is 119 cm³/mol. The van der Waals surface area contributed by atoms with E-state index >= 15 is 0 Å². The fourth-order valence-electron chi connectivity index (χ4n) is 3.66. The molecule has 2 N–H and O–H groups in total. The average molecular weight is 441 g/mol. The van der Waals surface area contributed by atoms with Crippen molar-refractivity contribution in [3.63, 3.8) is 0 Å². The van der Waals surface area contributed by atoms with Crippen molar-refractivity contribution < 1.29 is 14.3 Å². The Morgan fingerprint density at radius 3 is 2.74 bits per heavy atom. The summed E-state index contributed by atoms with van der Waals surface area (Å²) in [4.78, 5) is 43.3. The number of rotatable bonds is 4. The lowest BCUT2D eigenvalue weighted by Gasteiger charge is -2.17. The number of hydrogen-bond acceptors (Lipinski definition) is 6. The molecule has 1 unspecified atom stereocenters. The maximum absolute atomic E-state index is 12.8. The van der Waals surface area contributed by atoms with Gasteiger partial charge in [-0.05, 0) is 56.9 Å². The molecular weight excluding hydrogens is 416 g/mol. The number of carbonyl (C=O) groups is 2. The Morgan fingerprint density at radius 2 is 1.97 bits per heavy atom. The van der Waals surface area contributed by atoms with Crippen molar-refractivity contribution in [2.75, 3.05) is 0 Å². The lowest BCUT2D eigenvalue weighted by atomic mass is 10.1. The van der Waals surface area contributed by atoms with Gasteiger partial charge < -0.3 is 4.74 Å². The van der Waals surface area contributed by atoms with Crippen molar-refractivity contribution in [2.24, 2.45) is 0 Å². The molecule has 3 aromatic rings. The van der Waals surface area contributed by atoms with Gasteiger partial charge in [0.05, 0.1) is 10.3 Å². The maximum Gasteiger partial charge on any atom is 0.280 e. The summed E-state index contributed by atoms with van der Waals surface area (Å²) in [7, 11) is 0. The van der Waals surface area contributed by atoms with Gasteiger partial charge >= 0.3 is 0 Å². The van der Waals surface area contributed by atoms with Crippen molar-refractivity contribution in [1.82, 2.24) is 20.4 Å². The van der Waals surface area contributed by atoms with Gasteiger partial charge in [0.15, 0.2) is 6.10 Å². The molecule has 0 radical (unpaired) electrons. The number of nitrogens with one attached hydrogen (secondary N) is 2. The summed E-state index contributed by atoms with van der Waals surface area (Å²) in [5.74, 6) is 0.410. The van der Waals surface area contributed by atoms with Gasteiger partial charge in [0.1, 0.15) is 16.4 Å². The van der Waals surface area contributed by atoms with Crippen molar-refractivity contribution in [1.29, 1.82) is 0 Å². The Balaban J connectivity index is 1.46. The van der Waals surface area contributed by atoms with E-state index in [-0.39, 0.29) is 5.56 Å². The van der Waals surface area contributed by atoms with Crippen LogP contribution in [-0.2, 0) is 17.8 Å². The number of hydrazine groups is 1. The van der Waals surface area contributed by atoms with Gasteiger partial charge in [-0.3, -0.25) is 29.8 Å². The summed E-state index contributed by atoms with van der Waals surface area (Å²) in [6, 6.07) is 5.63. The molecule has 8 nitrogen and oxygen atoms in total. The molecule has 0 saturated carbocycles. The Morgan fingerprint density at radius 1 is 1.19 bits per heavy atom. The second-order valence-electron chi connectivity index (χ2n) is 7.73. The predicted octanol–water partition coefficient (Wildman–Crippen LogP) is 2.56. The van der Waals surface area contributed by atoms with E-state index in [2.05, 4.69) is 15.8 Å². The summed E-state index contributed by atoms with van der Waals surface area (Å²) in [5, 5.41) is 0.471. The van der Waals surface area contributed by atoms with E-state index in [0.717, 1.165) is 41.1 Å². The Hall–Kier alpha value is -3.20. The minimum Gasteiger partial charge on any atom is -0.481 e. The summed E-state index contributed by atoms with van der Waals surface area (Å²) in [5.41, 5.74) is 7.32. The molecule has 162 valence electrons. The van der Waals surface area contributed by atoms with E-state index in [9.17, 15) is 14.4 Å². The molecule has 4 rings (SSSR count). The smallest absolute Gasteiger partial charge is 0.280 e. The third-order valence-electron chi connectivity index (χ3n) is 5.64. The zero-order valence-electron chi connectivity index (χ0n) is 17.9. The Kier molecular flexibility index (Phi) is 5.53. The quantitative estimate of drug-likeness (QED) is 0.607. The first-order valence-electron chi connectivity index (χ1n) is 10.1. The van der Waals surface area contributed by atoms with Crippen LogP contribution in [0.25, 0.3) is 10.2 Å². The molecule has 0 fully saturated rings. The first-order valence-corrected chi connectivity index (χ1v) is 11.0. The average Bonchev–Trinajstić information content (AvgIpc) is 3.34. The Labute approximate surface area is 183 Å². The second kappa shape index (κ2) is 8.14. The SMILES string of the molecule is Cc1cccc(OC(C)C(=O)NNC(=O)c2sc3nc4n(c(=O)c3c2C)CCC4)c1C. The van der Waals surface area contributed by atoms with E-state index in [1.807, 2.05) is 26.0 Å². The highest BCUT2D eigenvalue weighted by molar-refractivity contribution is 7.20. The van der Waals surface area contributed by atoms with Gasteiger partial charge in [-0.25, -0.2) is 4.98 Å². The highest BCUT2D eigenvalue weighted by Crippen LogP contribution is 2.28. The zero-order valence-corrected chi connectivity index (χ0v) is 18.7. The lowest BCUT2D eigenvalue weighted by Crippen LogP contribution is -2.47. The number of carbonyl (C=O) groups excluding carboxylic acids is 2. The number of aryl methyl sites for hydroxylation is 3. The third-order valence-corrected chi connectivity index (χ3v) is 6.83. The highest BCUT2D eigenvalue weighted by atomic mass is 32.1. The second-order valence-corrected chi connectivity index (χ2v) is 8.73. The molecule has 0 aliphatic carbocycles. The van der Waals surface area contributed by atoms with Crippen LogP contribution in [0.15, 0.2) is 23.0 Å². The monoisotopic (exact) mass is 440 g/mol. The molecule has 0 spiro atoms. The normalized spacial score (nSPS) is 13.7. The first-order chi connectivity index (χ1) is 14.8. The number of aromatic nitrogens is 2. The summed E-state index contributed by atoms with van der Waals surface area (Å²) in [6.45, 7) is 7.89. The molecule has 1 aliphatic heterocycles. The van der Waals surface area contributed by atoms with E-state index in [1.54, 1.807) is 24.5 Å². The van der Waals surface area contributed by atoms with E-state index in [0.29, 0.717) is 33.0 Å². The minimum absolute atomic E-state index is 0.107. The molecule has 0 bridgehead atoms. The van der Waals surface area contributed by atoms with Crippen LogP contribution in [0.1, 0.15) is 45.5 Å². The van der Waals surface area contributed by atoms with E-state index in [4.69, 9.17) is 4.74 Å². The number of amides is 2. The van der Waals surface area contributed by atoms with Crippen LogP contribution < -0.4 is 21.1 Å².